The van der Waals surface area contributed by atoms with E-state index in [4.69, 9.17) is 0 Å². The number of nitrogens with zero attached hydrogens (tertiary/aromatic N) is 1. The highest BCUT2D eigenvalue weighted by Gasteiger charge is 2.41. The molecule has 2 heterocycles. The van der Waals surface area contributed by atoms with Gasteiger partial charge in [0, 0.05) is 22.5 Å². The third kappa shape index (κ3) is 1.96. The molecule has 0 aromatic heterocycles. The molecule has 0 saturated heterocycles. The molecule has 0 spiro atoms. The molecular weight excluding hydrogens is 325 g/mol. The summed E-state index contributed by atoms with van der Waals surface area (Å²) in [5.74, 6) is 0. The van der Waals surface area contributed by atoms with Gasteiger partial charge in [-0.25, -0.2) is 0 Å². The van der Waals surface area contributed by atoms with Crippen molar-refractivity contribution >= 4 is 29.1 Å². The van der Waals surface area contributed by atoms with E-state index < -0.39 is 0 Å². The Kier molecular flexibility index (Phi) is 2.96. The highest BCUT2D eigenvalue weighted by Crippen LogP contribution is 2.45. The molecule has 4 aromatic carbocycles. The molecule has 4 aromatic rings. The molecule has 0 amide bonds. The zero-order valence-electron chi connectivity index (χ0n) is 15.2. The van der Waals surface area contributed by atoms with Gasteiger partial charge in [0.05, 0.1) is 0 Å². The Balaban J connectivity index is 1.77. The van der Waals surface area contributed by atoms with Gasteiger partial charge < -0.3 is 4.81 Å². The summed E-state index contributed by atoms with van der Waals surface area (Å²) < 4.78 is 0. The normalized spacial score (nSPS) is 13.2. The van der Waals surface area contributed by atoms with Crippen molar-refractivity contribution in [1.29, 1.82) is 0 Å². The van der Waals surface area contributed by atoms with E-state index in [2.05, 4.69) is 103 Å². The zero-order chi connectivity index (χ0) is 18.0. The van der Waals surface area contributed by atoms with Crippen molar-refractivity contribution in [2.45, 2.75) is 6.92 Å². The van der Waals surface area contributed by atoms with E-state index in [0.717, 1.165) is 0 Å². The molecule has 2 aliphatic rings. The second-order valence-electron chi connectivity index (χ2n) is 7.48. The second kappa shape index (κ2) is 5.37. The van der Waals surface area contributed by atoms with E-state index in [1.165, 1.54) is 50.1 Å². The lowest BCUT2D eigenvalue weighted by molar-refractivity contribution is 1.34. The fourth-order valence-electron chi connectivity index (χ4n) is 4.80. The fourth-order valence-corrected chi connectivity index (χ4v) is 4.80. The molecule has 0 atom stereocenters. The third-order valence-corrected chi connectivity index (χ3v) is 5.92. The number of rotatable bonds is 0. The van der Waals surface area contributed by atoms with Crippen LogP contribution in [-0.2, 0) is 0 Å². The summed E-state index contributed by atoms with van der Waals surface area (Å²) in [5, 5.41) is 0. The number of hydrogen-bond donors (Lipinski definition) is 0. The molecule has 6 rings (SSSR count). The van der Waals surface area contributed by atoms with E-state index in [-0.39, 0.29) is 6.85 Å². The summed E-state index contributed by atoms with van der Waals surface area (Å²) in [6, 6.07) is 33.4. The summed E-state index contributed by atoms with van der Waals surface area (Å²) in [4.78, 5) is 2.53. The third-order valence-electron chi connectivity index (χ3n) is 5.92. The summed E-state index contributed by atoms with van der Waals surface area (Å²) >= 11 is 0. The minimum atomic E-state index is 0.210. The summed E-state index contributed by atoms with van der Waals surface area (Å²) in [5.41, 5.74) is 12.0. The van der Waals surface area contributed by atoms with E-state index in [1.807, 2.05) is 0 Å². The predicted octanol–water partition coefficient (Wildman–Crippen LogP) is 4.90. The predicted molar refractivity (Wildman–Crippen MR) is 116 cm³/mol. The van der Waals surface area contributed by atoms with E-state index >= 15 is 0 Å². The van der Waals surface area contributed by atoms with Crippen molar-refractivity contribution < 1.29 is 0 Å². The Morgan fingerprint density at radius 3 is 1.85 bits per heavy atom. The molecule has 0 unspecified atom stereocenters. The van der Waals surface area contributed by atoms with Crippen LogP contribution in [0, 0.1) is 6.92 Å². The first-order chi connectivity index (χ1) is 13.3. The van der Waals surface area contributed by atoms with Crippen LogP contribution in [0.2, 0.25) is 0 Å². The monoisotopic (exact) mass is 343 g/mol. The lowest BCUT2D eigenvalue weighted by Crippen LogP contribution is -2.59. The molecule has 2 heteroatoms. The van der Waals surface area contributed by atoms with Crippen LogP contribution in [0.3, 0.4) is 0 Å². The van der Waals surface area contributed by atoms with Gasteiger partial charge in [0.2, 0.25) is 0 Å². The van der Waals surface area contributed by atoms with Crippen LogP contribution in [0.1, 0.15) is 5.56 Å². The van der Waals surface area contributed by atoms with Crippen LogP contribution in [0.15, 0.2) is 91.0 Å². The molecule has 0 bridgehead atoms. The molecule has 126 valence electrons. The number of anilines is 2. The molecular formula is C25H18BN. The van der Waals surface area contributed by atoms with Gasteiger partial charge in [-0.1, -0.05) is 84.4 Å². The van der Waals surface area contributed by atoms with Gasteiger partial charge in [0.15, 0.2) is 0 Å². The SMILES string of the molecule is Cc1ccc2c(c1)-c1ccccc1N1B2c2ccccc2-c2ccccc21. The summed E-state index contributed by atoms with van der Waals surface area (Å²) in [6.45, 7) is 2.39. The Morgan fingerprint density at radius 1 is 0.556 bits per heavy atom. The first-order valence-electron chi connectivity index (χ1n) is 9.50. The average Bonchev–Trinajstić information content (AvgIpc) is 2.73. The van der Waals surface area contributed by atoms with Crippen LogP contribution in [-0.4, -0.2) is 6.85 Å². The lowest BCUT2D eigenvalue weighted by atomic mass is 9.43. The Morgan fingerprint density at radius 2 is 1.11 bits per heavy atom. The Labute approximate surface area is 160 Å². The van der Waals surface area contributed by atoms with Gasteiger partial charge in [0.25, 0.3) is 0 Å². The minimum absolute atomic E-state index is 0.210. The smallest absolute Gasteiger partial charge is 0.329 e. The van der Waals surface area contributed by atoms with Gasteiger partial charge in [-0.3, -0.25) is 0 Å². The molecule has 27 heavy (non-hydrogen) atoms. The maximum Gasteiger partial charge on any atom is 0.329 e. The average molecular weight is 343 g/mol. The van der Waals surface area contributed by atoms with Crippen LogP contribution < -0.4 is 15.7 Å². The van der Waals surface area contributed by atoms with Crippen LogP contribution in [0.4, 0.5) is 11.4 Å². The number of fused-ring (bicyclic) bond motifs is 11. The molecule has 0 fully saturated rings. The molecule has 2 aliphatic heterocycles. The van der Waals surface area contributed by atoms with Crippen LogP contribution in [0.25, 0.3) is 22.3 Å². The first kappa shape index (κ1) is 14.9. The van der Waals surface area contributed by atoms with Gasteiger partial charge in [-0.05, 0) is 41.1 Å². The van der Waals surface area contributed by atoms with Crippen LogP contribution in [0.5, 0.6) is 0 Å². The van der Waals surface area contributed by atoms with E-state index in [1.54, 1.807) is 0 Å². The quantitative estimate of drug-likeness (QED) is 0.411. The topological polar surface area (TPSA) is 3.24 Å². The Bertz CT molecular complexity index is 1210. The molecule has 0 N–H and O–H groups in total. The van der Waals surface area contributed by atoms with E-state index in [0.29, 0.717) is 0 Å². The van der Waals surface area contributed by atoms with Crippen molar-refractivity contribution in [2.24, 2.45) is 0 Å². The lowest BCUT2D eigenvalue weighted by Gasteiger charge is -2.43. The minimum Gasteiger partial charge on any atom is -0.376 e. The zero-order valence-corrected chi connectivity index (χ0v) is 15.2. The van der Waals surface area contributed by atoms with Gasteiger partial charge in [0.1, 0.15) is 0 Å². The highest BCUT2D eigenvalue weighted by molar-refractivity contribution is 6.92. The number of para-hydroxylation sites is 2. The molecule has 1 nitrogen and oxygen atoms in total. The molecule has 0 aliphatic carbocycles. The largest absolute Gasteiger partial charge is 0.376 e. The van der Waals surface area contributed by atoms with Crippen molar-refractivity contribution in [1.82, 2.24) is 0 Å². The first-order valence-corrected chi connectivity index (χ1v) is 9.50. The second-order valence-corrected chi connectivity index (χ2v) is 7.48. The van der Waals surface area contributed by atoms with Crippen LogP contribution >= 0.6 is 0 Å². The maximum absolute atomic E-state index is 2.53. The highest BCUT2D eigenvalue weighted by atomic mass is 15.1. The van der Waals surface area contributed by atoms with Gasteiger partial charge in [-0.15, -0.1) is 0 Å². The maximum atomic E-state index is 2.53. The van der Waals surface area contributed by atoms with Gasteiger partial charge in [-0.2, -0.15) is 0 Å². The van der Waals surface area contributed by atoms with E-state index in [9.17, 15) is 0 Å². The standard InChI is InChI=1S/C25H18BN/c1-17-14-15-23-21(16-17)20-10-4-7-13-25(20)27-24-12-6-3-9-19(24)18-8-2-5-11-22(18)26(23)27/h2-16H,1H3. The number of hydrogen-bond acceptors (Lipinski definition) is 1. The molecule has 0 saturated carbocycles. The Hall–Kier alpha value is -3.26. The van der Waals surface area contributed by atoms with Gasteiger partial charge >= 0.3 is 6.85 Å². The van der Waals surface area contributed by atoms with Crippen molar-refractivity contribution in [2.75, 3.05) is 4.81 Å². The summed E-state index contributed by atoms with van der Waals surface area (Å²) in [7, 11) is 0. The summed E-state index contributed by atoms with van der Waals surface area (Å²) in [6.07, 6.45) is 0. The fraction of sp³-hybridized carbons (Fsp3) is 0.0400. The van der Waals surface area contributed by atoms with Crippen molar-refractivity contribution in [3.63, 3.8) is 0 Å². The number of benzene rings is 4. The molecule has 0 radical (unpaired) electrons. The van der Waals surface area contributed by atoms with Crippen molar-refractivity contribution in [3.8, 4) is 22.3 Å². The van der Waals surface area contributed by atoms with Crippen molar-refractivity contribution in [3.05, 3.63) is 96.6 Å². The number of aryl methyl sites for hydroxylation is 1.